The molecule has 3 rings (SSSR count). The van der Waals surface area contributed by atoms with E-state index < -0.39 is 5.91 Å². The second-order valence-electron chi connectivity index (χ2n) is 6.32. The molecule has 3 N–H and O–H groups in total. The van der Waals surface area contributed by atoms with Gasteiger partial charge in [0.1, 0.15) is 11.5 Å². The summed E-state index contributed by atoms with van der Waals surface area (Å²) < 4.78 is 6.49. The molecule has 0 saturated heterocycles. The van der Waals surface area contributed by atoms with Crippen molar-refractivity contribution in [1.82, 2.24) is 4.98 Å². The number of nitrogens with two attached hydrogens (primary N) is 1. The summed E-state index contributed by atoms with van der Waals surface area (Å²) in [6.45, 7) is 3.65. The third kappa shape index (κ3) is 6.07. The number of thiazole rings is 1. The van der Waals surface area contributed by atoms with Crippen LogP contribution in [-0.4, -0.2) is 22.0 Å². The number of primary amides is 1. The first-order chi connectivity index (χ1) is 13.9. The number of anilines is 1. The summed E-state index contributed by atoms with van der Waals surface area (Å²) in [6, 6.07) is 16.7. The molecule has 1 unspecified atom stereocenters. The summed E-state index contributed by atoms with van der Waals surface area (Å²) >= 11 is 2.75. The lowest BCUT2D eigenvalue weighted by Crippen LogP contribution is -2.22. The van der Waals surface area contributed by atoms with Crippen LogP contribution in [0.3, 0.4) is 0 Å². The molecular weight excluding hydrogens is 406 g/mol. The molecule has 29 heavy (non-hydrogen) atoms. The number of carbonyl (C=O) groups excluding carboxylic acids is 2. The van der Waals surface area contributed by atoms with Gasteiger partial charge < -0.3 is 15.8 Å². The predicted octanol–water partition coefficient (Wildman–Crippen LogP) is 4.39. The number of hydrogen-bond acceptors (Lipinski definition) is 6. The van der Waals surface area contributed by atoms with Gasteiger partial charge >= 0.3 is 0 Å². The zero-order valence-electron chi connectivity index (χ0n) is 16.0. The molecule has 1 aromatic heterocycles. The zero-order valence-corrected chi connectivity index (χ0v) is 17.7. The van der Waals surface area contributed by atoms with E-state index in [9.17, 15) is 9.59 Å². The summed E-state index contributed by atoms with van der Waals surface area (Å²) in [5, 5.41) is 2.55. The van der Waals surface area contributed by atoms with Crippen molar-refractivity contribution in [3.8, 4) is 11.5 Å². The van der Waals surface area contributed by atoms with Crippen LogP contribution in [0.5, 0.6) is 11.5 Å². The predicted molar refractivity (Wildman–Crippen MR) is 117 cm³/mol. The zero-order chi connectivity index (χ0) is 20.8. The Balaban J connectivity index is 1.56. The standard InChI is InChI=1S/C21H21N3O3S2/c1-13-18(12-19(22)25)29-21(23-13)28-14(2)20(26)24-15-8-10-17(11-9-15)27-16-6-4-3-5-7-16/h3-11,14H,12H2,1-2H3,(H2,22,25)(H,24,26). The van der Waals surface area contributed by atoms with E-state index in [-0.39, 0.29) is 17.6 Å². The Morgan fingerprint density at radius 1 is 1.14 bits per heavy atom. The maximum Gasteiger partial charge on any atom is 0.237 e. The molecule has 1 heterocycles. The fraction of sp³-hybridized carbons (Fsp3) is 0.190. The first-order valence-electron chi connectivity index (χ1n) is 8.96. The number of benzene rings is 2. The van der Waals surface area contributed by atoms with Gasteiger partial charge in [0.05, 0.1) is 17.4 Å². The summed E-state index contributed by atoms with van der Waals surface area (Å²) in [4.78, 5) is 28.9. The van der Waals surface area contributed by atoms with Crippen molar-refractivity contribution < 1.29 is 14.3 Å². The number of nitrogens with zero attached hydrogens (tertiary/aromatic N) is 1. The first kappa shape index (κ1) is 20.9. The Hall–Kier alpha value is -2.84. The Morgan fingerprint density at radius 2 is 1.79 bits per heavy atom. The van der Waals surface area contributed by atoms with Gasteiger partial charge in [-0.25, -0.2) is 4.98 Å². The van der Waals surface area contributed by atoms with E-state index in [1.54, 1.807) is 24.3 Å². The van der Waals surface area contributed by atoms with E-state index >= 15 is 0 Å². The Kier molecular flexibility index (Phi) is 6.90. The average Bonchev–Trinajstić information content (AvgIpc) is 3.02. The van der Waals surface area contributed by atoms with Crippen molar-refractivity contribution in [2.45, 2.75) is 29.9 Å². The van der Waals surface area contributed by atoms with Crippen LogP contribution in [0.1, 0.15) is 17.5 Å². The van der Waals surface area contributed by atoms with Crippen LogP contribution in [0.25, 0.3) is 0 Å². The lowest BCUT2D eigenvalue weighted by atomic mass is 10.3. The molecule has 0 radical (unpaired) electrons. The quantitative estimate of drug-likeness (QED) is 0.520. The molecular formula is C21H21N3O3S2. The molecule has 0 aliphatic rings. The number of aryl methyl sites for hydroxylation is 1. The lowest BCUT2D eigenvalue weighted by molar-refractivity contribution is -0.117. The van der Waals surface area contributed by atoms with Crippen LogP contribution >= 0.6 is 23.1 Å². The SMILES string of the molecule is Cc1nc(SC(C)C(=O)Nc2ccc(Oc3ccccc3)cc2)sc1CC(N)=O. The number of amides is 2. The minimum absolute atomic E-state index is 0.129. The molecule has 150 valence electrons. The molecule has 0 bridgehead atoms. The van der Waals surface area contributed by atoms with Gasteiger partial charge in [0.2, 0.25) is 11.8 Å². The minimum atomic E-state index is -0.390. The summed E-state index contributed by atoms with van der Waals surface area (Å²) in [6.07, 6.45) is 0.169. The van der Waals surface area contributed by atoms with Crippen LogP contribution < -0.4 is 15.8 Å². The van der Waals surface area contributed by atoms with E-state index in [2.05, 4.69) is 10.3 Å². The number of para-hydroxylation sites is 1. The number of rotatable bonds is 8. The fourth-order valence-corrected chi connectivity index (χ4v) is 4.84. The topological polar surface area (TPSA) is 94.3 Å². The Bertz CT molecular complexity index is 988. The van der Waals surface area contributed by atoms with E-state index in [0.29, 0.717) is 11.4 Å². The number of thioether (sulfide) groups is 1. The number of aromatic nitrogens is 1. The normalized spacial score (nSPS) is 11.7. The molecule has 2 amide bonds. The maximum atomic E-state index is 12.5. The summed E-state index contributed by atoms with van der Waals surface area (Å²) in [5.41, 5.74) is 6.72. The number of ether oxygens (including phenoxy) is 1. The van der Waals surface area contributed by atoms with E-state index in [1.807, 2.05) is 44.2 Å². The highest BCUT2D eigenvalue weighted by molar-refractivity contribution is 8.02. The Labute approximate surface area is 177 Å². The summed E-state index contributed by atoms with van der Waals surface area (Å²) in [7, 11) is 0. The van der Waals surface area contributed by atoms with Gasteiger partial charge in [-0.15, -0.1) is 11.3 Å². The second kappa shape index (κ2) is 9.58. The second-order valence-corrected chi connectivity index (χ2v) is 8.99. The van der Waals surface area contributed by atoms with E-state index in [0.717, 1.165) is 20.7 Å². The highest BCUT2D eigenvalue weighted by atomic mass is 32.2. The molecule has 0 saturated carbocycles. The van der Waals surface area contributed by atoms with Crippen LogP contribution in [0.15, 0.2) is 58.9 Å². The van der Waals surface area contributed by atoms with Gasteiger partial charge in [0.25, 0.3) is 0 Å². The van der Waals surface area contributed by atoms with Gasteiger partial charge in [-0.3, -0.25) is 9.59 Å². The molecule has 8 heteroatoms. The van der Waals surface area contributed by atoms with Gasteiger partial charge in [-0.05, 0) is 50.2 Å². The molecule has 2 aromatic carbocycles. The third-order valence-corrected chi connectivity index (χ3v) is 6.31. The summed E-state index contributed by atoms with van der Waals surface area (Å²) in [5.74, 6) is 0.926. The average molecular weight is 428 g/mol. The van der Waals surface area contributed by atoms with Crippen molar-refractivity contribution in [3.63, 3.8) is 0 Å². The number of carbonyl (C=O) groups is 2. The fourth-order valence-electron chi connectivity index (χ4n) is 2.45. The van der Waals surface area contributed by atoms with Crippen LogP contribution in [0.4, 0.5) is 5.69 Å². The maximum absolute atomic E-state index is 12.5. The van der Waals surface area contributed by atoms with E-state index in [4.69, 9.17) is 10.5 Å². The molecule has 1 atom stereocenters. The van der Waals surface area contributed by atoms with Crippen molar-refractivity contribution in [2.75, 3.05) is 5.32 Å². The molecule has 3 aromatic rings. The van der Waals surface area contributed by atoms with Crippen LogP contribution in [-0.2, 0) is 16.0 Å². The molecule has 0 aliphatic heterocycles. The number of nitrogens with one attached hydrogen (secondary N) is 1. The van der Waals surface area contributed by atoms with Gasteiger partial charge in [0, 0.05) is 10.6 Å². The first-order valence-corrected chi connectivity index (χ1v) is 10.7. The minimum Gasteiger partial charge on any atom is -0.457 e. The van der Waals surface area contributed by atoms with Crippen molar-refractivity contribution >= 4 is 40.6 Å². The van der Waals surface area contributed by atoms with Gasteiger partial charge in [0.15, 0.2) is 4.34 Å². The highest BCUT2D eigenvalue weighted by Gasteiger charge is 2.18. The smallest absolute Gasteiger partial charge is 0.237 e. The molecule has 0 aliphatic carbocycles. The third-order valence-electron chi connectivity index (χ3n) is 3.96. The van der Waals surface area contributed by atoms with Crippen molar-refractivity contribution in [3.05, 3.63) is 65.2 Å². The molecule has 0 spiro atoms. The molecule has 6 nitrogen and oxygen atoms in total. The molecule has 0 fully saturated rings. The number of hydrogen-bond donors (Lipinski definition) is 2. The van der Waals surface area contributed by atoms with Crippen molar-refractivity contribution in [1.29, 1.82) is 0 Å². The Morgan fingerprint density at radius 3 is 2.45 bits per heavy atom. The van der Waals surface area contributed by atoms with E-state index in [1.165, 1.54) is 23.1 Å². The van der Waals surface area contributed by atoms with Gasteiger partial charge in [-0.1, -0.05) is 30.0 Å². The monoisotopic (exact) mass is 427 g/mol. The largest absolute Gasteiger partial charge is 0.457 e. The van der Waals surface area contributed by atoms with Crippen LogP contribution in [0.2, 0.25) is 0 Å². The van der Waals surface area contributed by atoms with Crippen molar-refractivity contribution in [2.24, 2.45) is 5.73 Å². The lowest BCUT2D eigenvalue weighted by Gasteiger charge is -2.11. The van der Waals surface area contributed by atoms with Gasteiger partial charge in [-0.2, -0.15) is 0 Å². The highest BCUT2D eigenvalue weighted by Crippen LogP contribution is 2.31. The van der Waals surface area contributed by atoms with Crippen LogP contribution in [0, 0.1) is 6.92 Å².